The van der Waals surface area contributed by atoms with E-state index < -0.39 is 31.3 Å². The average molecular weight is 500 g/mol. The third-order valence-electron chi connectivity index (χ3n) is 5.48. The van der Waals surface area contributed by atoms with E-state index in [0.29, 0.717) is 11.3 Å². The highest BCUT2D eigenvalue weighted by Gasteiger charge is 2.25. The van der Waals surface area contributed by atoms with E-state index >= 15 is 0 Å². The molecule has 0 radical (unpaired) electrons. The van der Waals surface area contributed by atoms with Gasteiger partial charge in [-0.2, -0.15) is 8.42 Å². The van der Waals surface area contributed by atoms with Crippen LogP contribution < -0.4 is 9.50 Å². The molecular weight excluding hydrogens is 474 g/mol. The number of non-ortho nitro benzene ring substituents is 1. The summed E-state index contributed by atoms with van der Waals surface area (Å²) in [5.41, 5.74) is 1.62. The van der Waals surface area contributed by atoms with Crippen LogP contribution in [0.25, 0.3) is 0 Å². The van der Waals surface area contributed by atoms with E-state index in [0.717, 1.165) is 23.3 Å². The number of hydrogen-bond acceptors (Lipinski definition) is 8. The van der Waals surface area contributed by atoms with Gasteiger partial charge in [0, 0.05) is 11.8 Å². The molecule has 11 heteroatoms. The lowest BCUT2D eigenvalue weighted by molar-refractivity contribution is -0.393. The van der Waals surface area contributed by atoms with Gasteiger partial charge in [-0.05, 0) is 72.4 Å². The van der Waals surface area contributed by atoms with Crippen LogP contribution >= 0.6 is 0 Å². The maximum Gasteiger partial charge on any atom is 0.339 e. The Bertz CT molecular complexity index is 1410. The van der Waals surface area contributed by atoms with Crippen molar-refractivity contribution >= 4 is 32.9 Å². The van der Waals surface area contributed by atoms with Gasteiger partial charge in [-0.1, -0.05) is 26.8 Å². The van der Waals surface area contributed by atoms with Crippen LogP contribution in [0.5, 0.6) is 5.75 Å². The molecule has 10 nitrogen and oxygen atoms in total. The van der Waals surface area contributed by atoms with Crippen LogP contribution in [0.3, 0.4) is 0 Å². The van der Waals surface area contributed by atoms with Crippen molar-refractivity contribution in [3.8, 4) is 5.75 Å². The number of benzene rings is 3. The van der Waals surface area contributed by atoms with Gasteiger partial charge in [-0.3, -0.25) is 20.2 Å². The van der Waals surface area contributed by atoms with Crippen molar-refractivity contribution in [2.45, 2.75) is 44.9 Å². The molecule has 0 aromatic heterocycles. The zero-order chi connectivity index (χ0) is 26.1. The van der Waals surface area contributed by atoms with Gasteiger partial charge in [0.1, 0.15) is 16.3 Å². The summed E-state index contributed by atoms with van der Waals surface area (Å²) in [5.74, 6) is 0.0620. The summed E-state index contributed by atoms with van der Waals surface area (Å²) < 4.78 is 31.5. The molecular formula is C24H25N3O7S. The van der Waals surface area contributed by atoms with Crippen molar-refractivity contribution in [1.29, 1.82) is 0 Å². The Morgan fingerprint density at radius 2 is 1.51 bits per heavy atom. The molecule has 0 aliphatic rings. The molecule has 0 atom stereocenters. The molecule has 0 unspecified atom stereocenters. The van der Waals surface area contributed by atoms with Gasteiger partial charge in [0.15, 0.2) is 0 Å². The highest BCUT2D eigenvalue weighted by molar-refractivity contribution is 7.87. The summed E-state index contributed by atoms with van der Waals surface area (Å²) >= 11 is 0. The second-order valence-electron chi connectivity index (χ2n) is 9.07. The summed E-state index contributed by atoms with van der Waals surface area (Å²) in [6.07, 6.45) is 0. The van der Waals surface area contributed by atoms with Crippen molar-refractivity contribution in [3.05, 3.63) is 91.5 Å². The number of nitrogens with zero attached hydrogens (tertiary/aromatic N) is 2. The Hall–Kier alpha value is -3.99. The minimum absolute atomic E-state index is 0.0481. The van der Waals surface area contributed by atoms with E-state index in [-0.39, 0.29) is 21.7 Å². The molecule has 3 aromatic carbocycles. The Morgan fingerprint density at radius 3 is 2.06 bits per heavy atom. The standard InChI is InChI=1S/C24H25N3O7S/c1-15-12-17(24(3,4)5)13-23(16(15)2)35(32,33)34-20-9-6-18(7-10-20)25-21-11-8-19(26(28)29)14-22(21)27(30)31/h6-14,25H,1-5H3. The first kappa shape index (κ1) is 25.6. The number of hydrogen-bond donors (Lipinski definition) is 1. The van der Waals surface area contributed by atoms with E-state index in [2.05, 4.69) is 5.32 Å². The molecule has 0 bridgehead atoms. The van der Waals surface area contributed by atoms with E-state index in [9.17, 15) is 28.6 Å². The Kier molecular flexibility index (Phi) is 6.84. The van der Waals surface area contributed by atoms with E-state index in [1.54, 1.807) is 13.0 Å². The maximum atomic E-state index is 13.1. The van der Waals surface area contributed by atoms with Crippen LogP contribution in [0.1, 0.15) is 37.5 Å². The quantitative estimate of drug-likeness (QED) is 0.239. The minimum Gasteiger partial charge on any atom is -0.379 e. The molecule has 1 N–H and O–H groups in total. The van der Waals surface area contributed by atoms with Crippen LogP contribution in [0.15, 0.2) is 59.5 Å². The highest BCUT2D eigenvalue weighted by atomic mass is 32.2. The number of nitro groups is 2. The Balaban J connectivity index is 1.86. The first-order chi connectivity index (χ1) is 16.2. The number of rotatable bonds is 7. The zero-order valence-electron chi connectivity index (χ0n) is 19.9. The molecule has 0 saturated heterocycles. The maximum absolute atomic E-state index is 13.1. The first-order valence-electron chi connectivity index (χ1n) is 10.5. The largest absolute Gasteiger partial charge is 0.379 e. The number of nitro benzene ring substituents is 2. The van der Waals surface area contributed by atoms with E-state index in [4.69, 9.17) is 4.18 Å². The lowest BCUT2D eigenvalue weighted by Gasteiger charge is -2.22. The lowest BCUT2D eigenvalue weighted by atomic mass is 9.85. The van der Waals surface area contributed by atoms with Crippen molar-refractivity contribution in [2.75, 3.05) is 5.32 Å². The van der Waals surface area contributed by atoms with Gasteiger partial charge in [0.2, 0.25) is 0 Å². The number of nitrogens with one attached hydrogen (secondary N) is 1. The molecule has 3 rings (SSSR count). The van der Waals surface area contributed by atoms with Gasteiger partial charge in [0.05, 0.1) is 15.9 Å². The molecule has 0 heterocycles. The molecule has 0 saturated carbocycles. The first-order valence-corrected chi connectivity index (χ1v) is 12.0. The summed E-state index contributed by atoms with van der Waals surface area (Å²) in [6, 6.07) is 12.6. The highest BCUT2D eigenvalue weighted by Crippen LogP contribution is 2.33. The van der Waals surface area contributed by atoms with Crippen LogP contribution in [-0.2, 0) is 15.5 Å². The van der Waals surface area contributed by atoms with Crippen LogP contribution in [0.2, 0.25) is 0 Å². The predicted molar refractivity (Wildman–Crippen MR) is 132 cm³/mol. The number of anilines is 2. The van der Waals surface area contributed by atoms with Crippen molar-refractivity contribution in [1.82, 2.24) is 0 Å². The second-order valence-corrected chi connectivity index (χ2v) is 10.6. The molecule has 3 aromatic rings. The van der Waals surface area contributed by atoms with Crippen LogP contribution in [-0.4, -0.2) is 18.3 Å². The van der Waals surface area contributed by atoms with E-state index in [1.165, 1.54) is 30.3 Å². The number of aryl methyl sites for hydroxylation is 1. The van der Waals surface area contributed by atoms with Crippen molar-refractivity contribution < 1.29 is 22.4 Å². The van der Waals surface area contributed by atoms with Gasteiger partial charge in [0.25, 0.3) is 11.4 Å². The molecule has 184 valence electrons. The predicted octanol–water partition coefficient (Wildman–Crippen LogP) is 5.93. The minimum atomic E-state index is -4.13. The fourth-order valence-corrected chi connectivity index (χ4v) is 4.59. The smallest absolute Gasteiger partial charge is 0.339 e. The summed E-state index contributed by atoms with van der Waals surface area (Å²) in [4.78, 5) is 20.9. The Morgan fingerprint density at radius 1 is 0.886 bits per heavy atom. The molecule has 0 fully saturated rings. The third kappa shape index (κ3) is 5.75. The summed E-state index contributed by atoms with van der Waals surface area (Å²) in [5, 5.41) is 25.0. The van der Waals surface area contributed by atoms with Crippen molar-refractivity contribution in [3.63, 3.8) is 0 Å². The SMILES string of the molecule is Cc1cc(C(C)(C)C)cc(S(=O)(=O)Oc2ccc(Nc3ccc([N+](=O)[O-])cc3[N+](=O)[O-])cc2)c1C. The van der Waals surface area contributed by atoms with Gasteiger partial charge >= 0.3 is 10.1 Å². The molecule has 0 amide bonds. The van der Waals surface area contributed by atoms with Crippen LogP contribution in [0.4, 0.5) is 22.7 Å². The second kappa shape index (κ2) is 9.34. The van der Waals surface area contributed by atoms with Gasteiger partial charge in [-0.15, -0.1) is 0 Å². The molecule has 0 spiro atoms. The fourth-order valence-electron chi connectivity index (χ4n) is 3.33. The van der Waals surface area contributed by atoms with E-state index in [1.807, 2.05) is 33.8 Å². The Labute approximate surface area is 203 Å². The molecule has 35 heavy (non-hydrogen) atoms. The van der Waals surface area contributed by atoms with Gasteiger partial charge < -0.3 is 9.50 Å². The normalized spacial score (nSPS) is 11.7. The fraction of sp³-hybridized carbons (Fsp3) is 0.250. The third-order valence-corrected chi connectivity index (χ3v) is 6.86. The van der Waals surface area contributed by atoms with Gasteiger partial charge in [-0.25, -0.2) is 0 Å². The zero-order valence-corrected chi connectivity index (χ0v) is 20.7. The summed E-state index contributed by atoms with van der Waals surface area (Å²) in [7, 11) is -4.13. The monoisotopic (exact) mass is 499 g/mol. The summed E-state index contributed by atoms with van der Waals surface area (Å²) in [6.45, 7) is 9.56. The molecule has 0 aliphatic carbocycles. The van der Waals surface area contributed by atoms with Crippen LogP contribution in [0, 0.1) is 34.1 Å². The molecule has 0 aliphatic heterocycles. The van der Waals surface area contributed by atoms with Crippen molar-refractivity contribution in [2.24, 2.45) is 0 Å². The topological polar surface area (TPSA) is 142 Å². The lowest BCUT2D eigenvalue weighted by Crippen LogP contribution is -2.16. The average Bonchev–Trinajstić information content (AvgIpc) is 2.75.